The van der Waals surface area contributed by atoms with Crippen molar-refractivity contribution in [1.29, 1.82) is 0 Å². The molecule has 0 aliphatic rings. The molecule has 0 radical (unpaired) electrons. The summed E-state index contributed by atoms with van der Waals surface area (Å²) in [6.07, 6.45) is 0.667. The number of carboxylic acids is 1. The molecule has 0 fully saturated rings. The van der Waals surface area contributed by atoms with Gasteiger partial charge in [-0.3, -0.25) is 4.79 Å². The predicted molar refractivity (Wildman–Crippen MR) is 44.6 cm³/mol. The summed E-state index contributed by atoms with van der Waals surface area (Å²) < 4.78 is 4.52. The SMILES string of the molecule is CC(=O)OC(CC=C(C)C)C(=O)[O-]. The van der Waals surface area contributed by atoms with E-state index in [4.69, 9.17) is 0 Å². The number of rotatable bonds is 4. The van der Waals surface area contributed by atoms with E-state index in [1.807, 2.05) is 13.8 Å². The first kappa shape index (κ1) is 11.7. The van der Waals surface area contributed by atoms with Gasteiger partial charge in [-0.25, -0.2) is 0 Å². The van der Waals surface area contributed by atoms with Gasteiger partial charge in [0.1, 0.15) is 6.10 Å². The fraction of sp³-hybridized carbons (Fsp3) is 0.556. The van der Waals surface area contributed by atoms with E-state index >= 15 is 0 Å². The lowest BCUT2D eigenvalue weighted by atomic mass is 10.2. The van der Waals surface area contributed by atoms with Crippen molar-refractivity contribution in [1.82, 2.24) is 0 Å². The molecule has 1 unspecified atom stereocenters. The molecule has 0 N–H and O–H groups in total. The van der Waals surface area contributed by atoms with Crippen molar-refractivity contribution in [2.24, 2.45) is 0 Å². The zero-order valence-corrected chi connectivity index (χ0v) is 7.99. The number of ether oxygens (including phenoxy) is 1. The fourth-order valence-corrected chi connectivity index (χ4v) is 0.736. The average molecular weight is 185 g/mol. The summed E-state index contributed by atoms with van der Waals surface area (Å²) in [5, 5.41) is 10.4. The van der Waals surface area contributed by atoms with Crippen molar-refractivity contribution in [2.75, 3.05) is 0 Å². The molecule has 0 spiro atoms. The quantitative estimate of drug-likeness (QED) is 0.457. The number of carbonyl (C=O) groups is 2. The Kier molecular flexibility index (Phi) is 4.80. The molecule has 0 heterocycles. The number of aliphatic carboxylic acids is 1. The van der Waals surface area contributed by atoms with Crippen LogP contribution in [0.4, 0.5) is 0 Å². The Morgan fingerprint density at radius 3 is 2.23 bits per heavy atom. The molecule has 0 aromatic heterocycles. The first-order valence-electron chi connectivity index (χ1n) is 3.95. The Morgan fingerprint density at radius 2 is 1.92 bits per heavy atom. The number of carboxylic acid groups (broad SMARTS) is 1. The third-order valence-corrected chi connectivity index (χ3v) is 1.31. The van der Waals surface area contributed by atoms with Crippen LogP contribution in [0.1, 0.15) is 27.2 Å². The van der Waals surface area contributed by atoms with Crippen molar-refractivity contribution >= 4 is 11.9 Å². The minimum atomic E-state index is -1.37. The number of allylic oxidation sites excluding steroid dienone is 1. The third-order valence-electron chi connectivity index (χ3n) is 1.31. The van der Waals surface area contributed by atoms with Crippen LogP contribution in [0.2, 0.25) is 0 Å². The third kappa shape index (κ3) is 5.90. The van der Waals surface area contributed by atoms with Gasteiger partial charge in [-0.2, -0.15) is 0 Å². The summed E-state index contributed by atoms with van der Waals surface area (Å²) in [5.74, 6) is -1.98. The van der Waals surface area contributed by atoms with E-state index in [9.17, 15) is 14.7 Å². The van der Waals surface area contributed by atoms with Gasteiger partial charge in [0.25, 0.3) is 0 Å². The average Bonchev–Trinajstić information content (AvgIpc) is 1.96. The number of carbonyl (C=O) groups excluding carboxylic acids is 2. The van der Waals surface area contributed by atoms with Crippen molar-refractivity contribution in [2.45, 2.75) is 33.3 Å². The van der Waals surface area contributed by atoms with Gasteiger partial charge < -0.3 is 14.6 Å². The molecule has 0 saturated heterocycles. The molecule has 0 aliphatic carbocycles. The molecule has 1 atom stereocenters. The van der Waals surface area contributed by atoms with Gasteiger partial charge in [0.2, 0.25) is 0 Å². The minimum Gasteiger partial charge on any atom is -0.546 e. The van der Waals surface area contributed by atoms with Crippen LogP contribution in [0.25, 0.3) is 0 Å². The Bertz CT molecular complexity index is 226. The summed E-state index contributed by atoms with van der Waals surface area (Å²) in [6.45, 7) is 4.83. The molecule has 0 rings (SSSR count). The first-order chi connectivity index (χ1) is 5.93. The van der Waals surface area contributed by atoms with Gasteiger partial charge in [0.05, 0.1) is 5.97 Å². The number of esters is 1. The molecule has 0 aromatic carbocycles. The Morgan fingerprint density at radius 1 is 1.38 bits per heavy atom. The maximum Gasteiger partial charge on any atom is 0.303 e. The molecule has 0 saturated carbocycles. The van der Waals surface area contributed by atoms with Gasteiger partial charge in [0, 0.05) is 13.3 Å². The van der Waals surface area contributed by atoms with Crippen LogP contribution < -0.4 is 5.11 Å². The van der Waals surface area contributed by atoms with Gasteiger partial charge in [-0.1, -0.05) is 11.6 Å². The van der Waals surface area contributed by atoms with Crippen molar-refractivity contribution in [3.8, 4) is 0 Å². The maximum atomic E-state index is 10.5. The largest absolute Gasteiger partial charge is 0.546 e. The van der Waals surface area contributed by atoms with Crippen LogP contribution >= 0.6 is 0 Å². The van der Waals surface area contributed by atoms with Gasteiger partial charge in [0.15, 0.2) is 0 Å². The van der Waals surface area contributed by atoms with Crippen molar-refractivity contribution in [3.63, 3.8) is 0 Å². The van der Waals surface area contributed by atoms with Crippen LogP contribution in [-0.2, 0) is 14.3 Å². The highest BCUT2D eigenvalue weighted by Gasteiger charge is 2.10. The molecule has 4 heteroatoms. The molecule has 13 heavy (non-hydrogen) atoms. The topological polar surface area (TPSA) is 66.4 Å². The highest BCUT2D eigenvalue weighted by atomic mass is 16.6. The molecule has 4 nitrogen and oxygen atoms in total. The summed E-state index contributed by atoms with van der Waals surface area (Å²) in [4.78, 5) is 20.9. The van der Waals surface area contributed by atoms with E-state index in [0.29, 0.717) is 0 Å². The number of hydrogen-bond donors (Lipinski definition) is 0. The summed E-state index contributed by atoms with van der Waals surface area (Å²) in [7, 11) is 0. The zero-order chi connectivity index (χ0) is 10.4. The normalized spacial score (nSPS) is 11.6. The van der Waals surface area contributed by atoms with Crippen LogP contribution in [0.15, 0.2) is 11.6 Å². The van der Waals surface area contributed by atoms with Gasteiger partial charge >= 0.3 is 5.97 Å². The van der Waals surface area contributed by atoms with E-state index in [2.05, 4.69) is 4.74 Å². The van der Waals surface area contributed by atoms with Crippen LogP contribution in [0, 0.1) is 0 Å². The second kappa shape index (κ2) is 5.35. The molecule has 0 bridgehead atoms. The van der Waals surface area contributed by atoms with Gasteiger partial charge in [-0.15, -0.1) is 0 Å². The Labute approximate surface area is 77.2 Å². The number of hydrogen-bond acceptors (Lipinski definition) is 4. The Balaban J connectivity index is 4.19. The molecule has 74 valence electrons. The molecule has 0 aliphatic heterocycles. The van der Waals surface area contributed by atoms with E-state index in [1.54, 1.807) is 6.08 Å². The van der Waals surface area contributed by atoms with Gasteiger partial charge in [-0.05, 0) is 13.8 Å². The smallest absolute Gasteiger partial charge is 0.303 e. The van der Waals surface area contributed by atoms with E-state index in [0.717, 1.165) is 5.57 Å². The summed E-state index contributed by atoms with van der Waals surface area (Å²) in [6, 6.07) is 0. The molecular weight excluding hydrogens is 172 g/mol. The highest BCUT2D eigenvalue weighted by molar-refractivity contribution is 5.75. The minimum absolute atomic E-state index is 0.157. The fourth-order valence-electron chi connectivity index (χ4n) is 0.736. The van der Waals surface area contributed by atoms with E-state index in [-0.39, 0.29) is 6.42 Å². The van der Waals surface area contributed by atoms with Crippen molar-refractivity contribution < 1.29 is 19.4 Å². The van der Waals surface area contributed by atoms with E-state index in [1.165, 1.54) is 6.92 Å². The molecule has 0 aromatic rings. The standard InChI is InChI=1S/C9H14O4/c1-6(2)4-5-8(9(11)12)13-7(3)10/h4,8H,5H2,1-3H3,(H,11,12)/p-1. The van der Waals surface area contributed by atoms with Crippen LogP contribution in [-0.4, -0.2) is 18.0 Å². The Hall–Kier alpha value is -1.32. The van der Waals surface area contributed by atoms with Crippen molar-refractivity contribution in [3.05, 3.63) is 11.6 Å². The maximum absolute atomic E-state index is 10.5. The second-order valence-corrected chi connectivity index (χ2v) is 2.93. The predicted octanol–water partition coefficient (Wildman–Crippen LogP) is 0.0243. The lowest BCUT2D eigenvalue weighted by Gasteiger charge is -2.15. The van der Waals surface area contributed by atoms with Crippen LogP contribution in [0.5, 0.6) is 0 Å². The monoisotopic (exact) mass is 185 g/mol. The first-order valence-corrected chi connectivity index (χ1v) is 3.95. The molecular formula is C9H13O4-. The lowest BCUT2D eigenvalue weighted by molar-refractivity contribution is -0.315. The molecule has 0 amide bonds. The van der Waals surface area contributed by atoms with Crippen LogP contribution in [0.3, 0.4) is 0 Å². The summed E-state index contributed by atoms with van der Waals surface area (Å²) >= 11 is 0. The van der Waals surface area contributed by atoms with E-state index < -0.39 is 18.0 Å². The second-order valence-electron chi connectivity index (χ2n) is 2.93. The lowest BCUT2D eigenvalue weighted by Crippen LogP contribution is -2.38. The highest BCUT2D eigenvalue weighted by Crippen LogP contribution is 2.02. The zero-order valence-electron chi connectivity index (χ0n) is 7.99. The summed E-state index contributed by atoms with van der Waals surface area (Å²) in [5.41, 5.74) is 0.971.